The molecule has 6 heteroatoms. The van der Waals surface area contributed by atoms with Crippen molar-refractivity contribution in [1.82, 2.24) is 10.2 Å². The van der Waals surface area contributed by atoms with E-state index >= 15 is 0 Å². The predicted molar refractivity (Wildman–Crippen MR) is 99.0 cm³/mol. The van der Waals surface area contributed by atoms with Crippen molar-refractivity contribution in [3.05, 3.63) is 29.8 Å². The molecule has 0 unspecified atom stereocenters. The van der Waals surface area contributed by atoms with E-state index in [0.29, 0.717) is 25.2 Å². The van der Waals surface area contributed by atoms with Gasteiger partial charge in [0.2, 0.25) is 0 Å². The summed E-state index contributed by atoms with van der Waals surface area (Å²) in [6.45, 7) is 7.40. The number of likely N-dealkylation sites (tertiary alicyclic amines) is 1. The lowest BCUT2D eigenvalue weighted by Gasteiger charge is -2.21. The van der Waals surface area contributed by atoms with Gasteiger partial charge in [0.1, 0.15) is 5.60 Å². The van der Waals surface area contributed by atoms with E-state index < -0.39 is 11.7 Å². The van der Waals surface area contributed by atoms with Crippen LogP contribution in [0.3, 0.4) is 0 Å². The number of hydrogen-bond donors (Lipinski definition) is 1. The van der Waals surface area contributed by atoms with Crippen LogP contribution in [-0.4, -0.2) is 56.2 Å². The molecule has 1 fully saturated rings. The predicted octanol–water partition coefficient (Wildman–Crippen LogP) is 2.74. The van der Waals surface area contributed by atoms with Gasteiger partial charge < -0.3 is 19.9 Å². The van der Waals surface area contributed by atoms with E-state index in [2.05, 4.69) is 5.32 Å². The Balaban J connectivity index is 1.87. The normalized spacial score (nSPS) is 17.3. The quantitative estimate of drug-likeness (QED) is 0.910. The van der Waals surface area contributed by atoms with E-state index in [1.165, 1.54) is 0 Å². The zero-order valence-electron chi connectivity index (χ0n) is 15.8. The number of hydrogen-bond acceptors (Lipinski definition) is 4. The standard InChI is InChI=1S/C19H29N3O3/c1-19(2,3)25-18(24)20-12-14-9-10-22(13-14)17(23)15-7-6-8-16(11-15)21(4)5/h6-8,11,14H,9-10,12-13H2,1-5H3,(H,20,24)/t14-/m1/s1. The van der Waals surface area contributed by atoms with Gasteiger partial charge in [0, 0.05) is 45.0 Å². The van der Waals surface area contributed by atoms with Crippen molar-refractivity contribution < 1.29 is 14.3 Å². The minimum atomic E-state index is -0.501. The van der Waals surface area contributed by atoms with Crippen molar-refractivity contribution in [1.29, 1.82) is 0 Å². The molecule has 1 saturated heterocycles. The number of anilines is 1. The van der Waals surface area contributed by atoms with Gasteiger partial charge in [0.05, 0.1) is 0 Å². The average Bonchev–Trinajstić information content (AvgIpc) is 2.99. The van der Waals surface area contributed by atoms with Gasteiger partial charge in [0.25, 0.3) is 5.91 Å². The first kappa shape index (κ1) is 19.1. The lowest BCUT2D eigenvalue weighted by molar-refractivity contribution is 0.0520. The molecule has 1 heterocycles. The van der Waals surface area contributed by atoms with Crippen LogP contribution in [0, 0.1) is 5.92 Å². The molecule has 0 radical (unpaired) electrons. The fourth-order valence-corrected chi connectivity index (χ4v) is 2.83. The SMILES string of the molecule is CN(C)c1cccc(C(=O)N2CC[C@H](CNC(=O)OC(C)(C)C)C2)c1. The van der Waals surface area contributed by atoms with E-state index in [-0.39, 0.29) is 11.8 Å². The van der Waals surface area contributed by atoms with Gasteiger partial charge in [-0.2, -0.15) is 0 Å². The molecule has 1 aromatic carbocycles. The summed E-state index contributed by atoms with van der Waals surface area (Å²) in [5.74, 6) is 0.303. The first-order valence-corrected chi connectivity index (χ1v) is 8.69. The highest BCUT2D eigenvalue weighted by Gasteiger charge is 2.28. The molecule has 2 amide bonds. The summed E-state index contributed by atoms with van der Waals surface area (Å²) in [6, 6.07) is 7.64. The minimum absolute atomic E-state index is 0.0449. The fraction of sp³-hybridized carbons (Fsp3) is 0.579. The number of benzene rings is 1. The summed E-state index contributed by atoms with van der Waals surface area (Å²) in [5.41, 5.74) is 1.21. The smallest absolute Gasteiger partial charge is 0.407 e. The van der Waals surface area contributed by atoms with Crippen LogP contribution in [0.5, 0.6) is 0 Å². The minimum Gasteiger partial charge on any atom is -0.444 e. The highest BCUT2D eigenvalue weighted by molar-refractivity contribution is 5.95. The fourth-order valence-electron chi connectivity index (χ4n) is 2.83. The molecular weight excluding hydrogens is 318 g/mol. The molecular formula is C19H29N3O3. The maximum atomic E-state index is 12.7. The first-order chi connectivity index (χ1) is 11.7. The first-order valence-electron chi connectivity index (χ1n) is 8.69. The average molecular weight is 347 g/mol. The molecule has 1 atom stereocenters. The number of carbonyl (C=O) groups excluding carboxylic acids is 2. The summed E-state index contributed by atoms with van der Waals surface area (Å²) < 4.78 is 5.24. The number of nitrogens with zero attached hydrogens (tertiary/aromatic N) is 2. The second kappa shape index (κ2) is 7.76. The lowest BCUT2D eigenvalue weighted by atomic mass is 10.1. The van der Waals surface area contributed by atoms with Crippen LogP contribution < -0.4 is 10.2 Å². The van der Waals surface area contributed by atoms with Crippen molar-refractivity contribution in [3.63, 3.8) is 0 Å². The monoisotopic (exact) mass is 347 g/mol. The highest BCUT2D eigenvalue weighted by atomic mass is 16.6. The van der Waals surface area contributed by atoms with Crippen LogP contribution in [0.1, 0.15) is 37.6 Å². The van der Waals surface area contributed by atoms with Gasteiger partial charge in [-0.25, -0.2) is 4.79 Å². The Bertz CT molecular complexity index is 623. The van der Waals surface area contributed by atoms with Crippen molar-refractivity contribution in [2.24, 2.45) is 5.92 Å². The highest BCUT2D eigenvalue weighted by Crippen LogP contribution is 2.20. The number of ether oxygens (including phenoxy) is 1. The molecule has 0 saturated carbocycles. The van der Waals surface area contributed by atoms with E-state index in [0.717, 1.165) is 12.1 Å². The Kier molecular flexibility index (Phi) is 5.93. The van der Waals surface area contributed by atoms with Crippen LogP contribution in [0.4, 0.5) is 10.5 Å². The zero-order valence-corrected chi connectivity index (χ0v) is 15.8. The largest absolute Gasteiger partial charge is 0.444 e. The number of amides is 2. The topological polar surface area (TPSA) is 61.9 Å². The molecule has 1 aliphatic rings. The number of carbonyl (C=O) groups is 2. The summed E-state index contributed by atoms with van der Waals surface area (Å²) in [7, 11) is 3.91. The third kappa shape index (κ3) is 5.66. The Morgan fingerprint density at radius 1 is 1.32 bits per heavy atom. The summed E-state index contributed by atoms with van der Waals surface area (Å²) >= 11 is 0. The molecule has 1 aromatic rings. The van der Waals surface area contributed by atoms with Gasteiger partial charge in [-0.3, -0.25) is 4.79 Å². The van der Waals surface area contributed by atoms with Crippen LogP contribution in [0.15, 0.2) is 24.3 Å². The molecule has 25 heavy (non-hydrogen) atoms. The Morgan fingerprint density at radius 3 is 2.68 bits per heavy atom. The summed E-state index contributed by atoms with van der Waals surface area (Å²) in [4.78, 5) is 28.3. The number of rotatable bonds is 4. The van der Waals surface area contributed by atoms with Crippen molar-refractivity contribution >= 4 is 17.7 Å². The van der Waals surface area contributed by atoms with Crippen molar-refractivity contribution in [2.75, 3.05) is 38.6 Å². The van der Waals surface area contributed by atoms with Crippen molar-refractivity contribution in [2.45, 2.75) is 32.8 Å². The van der Waals surface area contributed by atoms with Gasteiger partial charge in [0.15, 0.2) is 0 Å². The Morgan fingerprint density at radius 2 is 2.04 bits per heavy atom. The molecule has 0 aliphatic carbocycles. The van der Waals surface area contributed by atoms with Gasteiger partial charge in [-0.1, -0.05) is 6.07 Å². The van der Waals surface area contributed by atoms with Crippen LogP contribution in [0.25, 0.3) is 0 Å². The van der Waals surface area contributed by atoms with Crippen molar-refractivity contribution in [3.8, 4) is 0 Å². The molecule has 0 aromatic heterocycles. The number of nitrogens with one attached hydrogen (secondary N) is 1. The van der Waals surface area contributed by atoms with E-state index in [1.807, 2.05) is 68.9 Å². The van der Waals surface area contributed by atoms with E-state index in [4.69, 9.17) is 4.74 Å². The Hall–Kier alpha value is -2.24. The van der Waals surface area contributed by atoms with Gasteiger partial charge in [-0.15, -0.1) is 0 Å². The molecule has 0 bridgehead atoms. The molecule has 1 aliphatic heterocycles. The summed E-state index contributed by atoms with van der Waals surface area (Å²) in [6.07, 6.45) is 0.477. The number of alkyl carbamates (subject to hydrolysis) is 1. The maximum absolute atomic E-state index is 12.7. The van der Waals surface area contributed by atoms with Crippen LogP contribution in [0.2, 0.25) is 0 Å². The van der Waals surface area contributed by atoms with Crippen LogP contribution >= 0.6 is 0 Å². The van der Waals surface area contributed by atoms with Gasteiger partial charge in [-0.05, 0) is 51.3 Å². The molecule has 0 spiro atoms. The maximum Gasteiger partial charge on any atom is 0.407 e. The second-order valence-electron chi connectivity index (χ2n) is 7.73. The lowest BCUT2D eigenvalue weighted by Crippen LogP contribution is -2.36. The van der Waals surface area contributed by atoms with Crippen LogP contribution in [-0.2, 0) is 4.74 Å². The second-order valence-corrected chi connectivity index (χ2v) is 7.73. The Labute approximate surface area is 150 Å². The molecule has 6 nitrogen and oxygen atoms in total. The van der Waals surface area contributed by atoms with E-state index in [9.17, 15) is 9.59 Å². The molecule has 1 N–H and O–H groups in total. The third-order valence-electron chi connectivity index (χ3n) is 4.12. The van der Waals surface area contributed by atoms with Gasteiger partial charge >= 0.3 is 6.09 Å². The molecule has 138 valence electrons. The zero-order chi connectivity index (χ0) is 18.6. The third-order valence-corrected chi connectivity index (χ3v) is 4.12. The molecule has 2 rings (SSSR count). The van der Waals surface area contributed by atoms with E-state index in [1.54, 1.807) is 0 Å². The summed E-state index contributed by atoms with van der Waals surface area (Å²) in [5, 5.41) is 2.80.